The molecule has 0 spiro atoms. The van der Waals surface area contributed by atoms with Crippen LogP contribution in [0.25, 0.3) is 0 Å². The third kappa shape index (κ3) is 5.51. The average Bonchev–Trinajstić information content (AvgIpc) is 2.56. The van der Waals surface area contributed by atoms with E-state index in [1.54, 1.807) is 0 Å². The monoisotopic (exact) mass is 401 g/mol. The molecule has 1 unspecified atom stereocenters. The lowest BCUT2D eigenvalue weighted by molar-refractivity contribution is 0.0262. The van der Waals surface area contributed by atoms with Gasteiger partial charge in [0.1, 0.15) is 5.60 Å². The van der Waals surface area contributed by atoms with Crippen LogP contribution in [0.2, 0.25) is 10.0 Å². The van der Waals surface area contributed by atoms with Crippen molar-refractivity contribution in [2.24, 2.45) is 5.92 Å². The minimum absolute atomic E-state index is 0.0257. The van der Waals surface area contributed by atoms with Crippen molar-refractivity contribution < 1.29 is 14.3 Å². The fourth-order valence-electron chi connectivity index (χ4n) is 3.59. The number of ether oxygens (including phenoxy) is 2. The molecular weight excluding hydrogens is 373 g/mol. The molecule has 1 amide bonds. The Bertz CT molecular complexity index is 622. The third-order valence-electron chi connectivity index (χ3n) is 5.07. The molecule has 0 radical (unpaired) electrons. The summed E-state index contributed by atoms with van der Waals surface area (Å²) in [4.78, 5) is 11.9. The highest BCUT2D eigenvalue weighted by atomic mass is 35.5. The van der Waals surface area contributed by atoms with Gasteiger partial charge in [0.25, 0.3) is 0 Å². The van der Waals surface area contributed by atoms with Gasteiger partial charge in [0.2, 0.25) is 0 Å². The molecule has 4 nitrogen and oxygen atoms in total. The number of halogens is 2. The van der Waals surface area contributed by atoms with Gasteiger partial charge in [0.15, 0.2) is 0 Å². The van der Waals surface area contributed by atoms with Crippen LogP contribution in [0.4, 0.5) is 4.79 Å². The number of hydrogen-bond acceptors (Lipinski definition) is 3. The largest absolute Gasteiger partial charge is 0.444 e. The number of rotatable bonds is 5. The molecule has 1 aromatic carbocycles. The average molecular weight is 402 g/mol. The number of amides is 1. The summed E-state index contributed by atoms with van der Waals surface area (Å²) in [5.74, 6) is 0.346. The predicted octanol–water partition coefficient (Wildman–Crippen LogP) is 5.59. The van der Waals surface area contributed by atoms with Gasteiger partial charge in [-0.05, 0) is 63.6 Å². The number of benzene rings is 1. The van der Waals surface area contributed by atoms with Gasteiger partial charge in [-0.25, -0.2) is 4.79 Å². The molecule has 1 atom stereocenters. The summed E-state index contributed by atoms with van der Waals surface area (Å²) in [7, 11) is 0. The third-order valence-corrected chi connectivity index (χ3v) is 5.81. The second-order valence-electron chi connectivity index (χ2n) is 8.02. The van der Waals surface area contributed by atoms with E-state index in [0.29, 0.717) is 22.5 Å². The van der Waals surface area contributed by atoms with E-state index in [1.807, 2.05) is 32.9 Å². The lowest BCUT2D eigenvalue weighted by Gasteiger charge is -2.43. The Balaban J connectivity index is 2.06. The Labute approximate surface area is 166 Å². The van der Waals surface area contributed by atoms with Crippen molar-refractivity contribution >= 4 is 29.3 Å². The van der Waals surface area contributed by atoms with E-state index in [0.717, 1.165) is 32.5 Å². The van der Waals surface area contributed by atoms with Crippen LogP contribution in [-0.4, -0.2) is 31.5 Å². The van der Waals surface area contributed by atoms with E-state index < -0.39 is 5.60 Å². The van der Waals surface area contributed by atoms with Crippen molar-refractivity contribution in [2.45, 2.75) is 58.0 Å². The highest BCUT2D eigenvalue weighted by Gasteiger charge is 2.39. The molecule has 0 saturated carbocycles. The van der Waals surface area contributed by atoms with Crippen LogP contribution in [-0.2, 0) is 14.9 Å². The van der Waals surface area contributed by atoms with Crippen LogP contribution < -0.4 is 5.32 Å². The van der Waals surface area contributed by atoms with Crippen LogP contribution in [0.5, 0.6) is 0 Å². The molecule has 2 rings (SSSR count). The Morgan fingerprint density at radius 1 is 1.27 bits per heavy atom. The quantitative estimate of drug-likeness (QED) is 0.698. The maximum atomic E-state index is 11.9. The zero-order chi connectivity index (χ0) is 19.4. The summed E-state index contributed by atoms with van der Waals surface area (Å²) in [5.41, 5.74) is 0.680. The highest BCUT2D eigenvalue weighted by molar-refractivity contribution is 6.42. The van der Waals surface area contributed by atoms with Gasteiger partial charge >= 0.3 is 6.09 Å². The van der Waals surface area contributed by atoms with Crippen molar-refractivity contribution in [1.29, 1.82) is 0 Å². The molecule has 1 aliphatic rings. The van der Waals surface area contributed by atoms with Gasteiger partial charge in [0, 0.05) is 25.2 Å². The molecule has 1 aromatic rings. The fraction of sp³-hybridized carbons (Fsp3) is 0.650. The molecule has 0 aliphatic carbocycles. The number of alkyl carbamates (subject to hydrolysis) is 1. The van der Waals surface area contributed by atoms with Crippen LogP contribution in [0.3, 0.4) is 0 Å². The van der Waals surface area contributed by atoms with Gasteiger partial charge in [-0.15, -0.1) is 0 Å². The minimum atomic E-state index is -0.488. The number of carbonyl (C=O) groups excluding carboxylic acids is 1. The fourth-order valence-corrected chi connectivity index (χ4v) is 3.89. The maximum Gasteiger partial charge on any atom is 0.407 e. The minimum Gasteiger partial charge on any atom is -0.444 e. The van der Waals surface area contributed by atoms with Gasteiger partial charge in [0.05, 0.1) is 10.0 Å². The topological polar surface area (TPSA) is 47.6 Å². The maximum absolute atomic E-state index is 11.9. The van der Waals surface area contributed by atoms with E-state index in [9.17, 15) is 4.79 Å². The first-order chi connectivity index (χ1) is 12.1. The first-order valence-electron chi connectivity index (χ1n) is 9.14. The standard InChI is InChI=1S/C20H29Cl2NO3/c1-14(7-10-23-18(24)26-19(2,3)4)20(8-11-25-12-9-20)15-5-6-16(21)17(22)13-15/h5-6,13-14H,7-12H2,1-4H3,(H,23,24). The SMILES string of the molecule is CC(CCNC(=O)OC(C)(C)C)C1(c2ccc(Cl)c(Cl)c2)CCOCC1. The highest BCUT2D eigenvalue weighted by Crippen LogP contribution is 2.44. The summed E-state index contributed by atoms with van der Waals surface area (Å²) in [6.45, 7) is 9.82. The molecular formula is C20H29Cl2NO3. The molecule has 146 valence electrons. The molecule has 0 aromatic heterocycles. The Hall–Kier alpha value is -0.970. The molecule has 1 saturated heterocycles. The zero-order valence-corrected chi connectivity index (χ0v) is 17.5. The van der Waals surface area contributed by atoms with Crippen molar-refractivity contribution in [3.8, 4) is 0 Å². The summed E-state index contributed by atoms with van der Waals surface area (Å²) < 4.78 is 10.9. The lowest BCUT2D eigenvalue weighted by Crippen LogP contribution is -2.41. The molecule has 1 N–H and O–H groups in total. The van der Waals surface area contributed by atoms with Gasteiger partial charge in [-0.3, -0.25) is 0 Å². The smallest absolute Gasteiger partial charge is 0.407 e. The molecule has 1 aliphatic heterocycles. The van der Waals surface area contributed by atoms with E-state index in [4.69, 9.17) is 32.7 Å². The number of nitrogens with one attached hydrogen (secondary N) is 1. The van der Waals surface area contributed by atoms with Crippen molar-refractivity contribution in [2.75, 3.05) is 19.8 Å². The molecule has 26 heavy (non-hydrogen) atoms. The zero-order valence-electron chi connectivity index (χ0n) is 16.0. The van der Waals surface area contributed by atoms with Gasteiger partial charge in [-0.2, -0.15) is 0 Å². The van der Waals surface area contributed by atoms with E-state index in [1.165, 1.54) is 5.56 Å². The summed E-state index contributed by atoms with van der Waals surface area (Å²) >= 11 is 12.4. The van der Waals surface area contributed by atoms with E-state index >= 15 is 0 Å². The molecule has 6 heteroatoms. The van der Waals surface area contributed by atoms with Crippen LogP contribution in [0.15, 0.2) is 18.2 Å². The summed E-state index contributed by atoms with van der Waals surface area (Å²) in [6.07, 6.45) is 2.33. The first-order valence-corrected chi connectivity index (χ1v) is 9.90. The van der Waals surface area contributed by atoms with Crippen molar-refractivity contribution in [3.63, 3.8) is 0 Å². The van der Waals surface area contributed by atoms with Crippen LogP contribution in [0.1, 0.15) is 52.5 Å². The molecule has 1 heterocycles. The predicted molar refractivity (Wildman–Crippen MR) is 106 cm³/mol. The van der Waals surface area contributed by atoms with E-state index in [2.05, 4.69) is 18.3 Å². The normalized spacial score (nSPS) is 18.2. The van der Waals surface area contributed by atoms with Gasteiger partial charge in [-0.1, -0.05) is 36.2 Å². The molecule has 1 fully saturated rings. The second-order valence-corrected chi connectivity index (χ2v) is 8.83. The number of carbonyl (C=O) groups is 1. The Kier molecular flexibility index (Phi) is 7.23. The lowest BCUT2D eigenvalue weighted by atomic mass is 9.65. The Morgan fingerprint density at radius 2 is 1.92 bits per heavy atom. The van der Waals surface area contributed by atoms with Crippen molar-refractivity contribution in [3.05, 3.63) is 33.8 Å². The number of hydrogen-bond donors (Lipinski definition) is 1. The summed E-state index contributed by atoms with van der Waals surface area (Å²) in [5, 5.41) is 4.00. The van der Waals surface area contributed by atoms with Crippen LogP contribution >= 0.6 is 23.2 Å². The van der Waals surface area contributed by atoms with E-state index in [-0.39, 0.29) is 11.5 Å². The Morgan fingerprint density at radius 3 is 2.50 bits per heavy atom. The molecule has 0 bridgehead atoms. The van der Waals surface area contributed by atoms with Crippen LogP contribution in [0, 0.1) is 5.92 Å². The van der Waals surface area contributed by atoms with Crippen molar-refractivity contribution in [1.82, 2.24) is 5.32 Å². The summed E-state index contributed by atoms with van der Waals surface area (Å²) in [6, 6.07) is 5.91. The van der Waals surface area contributed by atoms with Gasteiger partial charge < -0.3 is 14.8 Å². The second kappa shape index (κ2) is 8.81. The first kappa shape index (κ1) is 21.3.